The third kappa shape index (κ3) is 4.68. The molecule has 2 N–H and O–H groups in total. The third-order valence-electron chi connectivity index (χ3n) is 5.74. The highest BCUT2D eigenvalue weighted by atomic mass is 16.5. The zero-order valence-electron chi connectivity index (χ0n) is 16.2. The van der Waals surface area contributed by atoms with E-state index < -0.39 is 0 Å². The first-order chi connectivity index (χ1) is 13.2. The molecule has 6 nitrogen and oxygen atoms in total. The Morgan fingerprint density at radius 3 is 2.85 bits per heavy atom. The second-order valence-corrected chi connectivity index (χ2v) is 7.99. The Bertz CT molecular complexity index is 791. The van der Waals surface area contributed by atoms with Crippen molar-refractivity contribution in [1.82, 2.24) is 20.4 Å². The van der Waals surface area contributed by atoms with E-state index in [1.165, 1.54) is 25.7 Å². The zero-order chi connectivity index (χ0) is 18.6. The first kappa shape index (κ1) is 18.4. The smallest absolute Gasteiger partial charge is 0.251 e. The summed E-state index contributed by atoms with van der Waals surface area (Å²) in [4.78, 5) is 12.5. The lowest BCUT2D eigenvalue weighted by atomic mass is 9.98. The lowest BCUT2D eigenvalue weighted by molar-refractivity contribution is 0.0906. The number of aryl methyl sites for hydroxylation is 1. The van der Waals surface area contributed by atoms with Crippen molar-refractivity contribution in [2.45, 2.75) is 39.2 Å². The Hall–Kier alpha value is -1.92. The van der Waals surface area contributed by atoms with E-state index in [4.69, 9.17) is 9.84 Å². The topological polar surface area (TPSA) is 68.2 Å². The average molecular weight is 370 g/mol. The molecule has 0 spiro atoms. The summed E-state index contributed by atoms with van der Waals surface area (Å²) in [6.45, 7) is 7.12. The number of rotatable bonds is 8. The highest BCUT2D eigenvalue weighted by Gasteiger charge is 2.21. The maximum absolute atomic E-state index is 12.5. The second kappa shape index (κ2) is 8.40. The van der Waals surface area contributed by atoms with Gasteiger partial charge in [0.2, 0.25) is 0 Å². The summed E-state index contributed by atoms with van der Waals surface area (Å²) in [6.07, 6.45) is 7.08. The van der Waals surface area contributed by atoms with Gasteiger partial charge in [-0.3, -0.25) is 9.48 Å². The maximum Gasteiger partial charge on any atom is 0.251 e. The van der Waals surface area contributed by atoms with Crippen molar-refractivity contribution in [3.8, 4) is 0 Å². The summed E-state index contributed by atoms with van der Waals surface area (Å²) < 4.78 is 7.64. The molecule has 1 aromatic heterocycles. The van der Waals surface area contributed by atoms with E-state index in [0.29, 0.717) is 19.1 Å². The molecule has 6 heteroatoms. The average Bonchev–Trinajstić information content (AvgIpc) is 3.40. The predicted octanol–water partition coefficient (Wildman–Crippen LogP) is 2.50. The van der Waals surface area contributed by atoms with Crippen LogP contribution in [0.2, 0.25) is 0 Å². The number of benzene rings is 1. The SMILES string of the molecule is Cc1c(C(=O)NCCOCC2CC2)ccc2nn(CC3CCNCC3)cc12. The van der Waals surface area contributed by atoms with Crippen molar-refractivity contribution in [3.05, 3.63) is 29.5 Å². The van der Waals surface area contributed by atoms with Crippen molar-refractivity contribution in [3.63, 3.8) is 0 Å². The van der Waals surface area contributed by atoms with Gasteiger partial charge in [0, 0.05) is 36.8 Å². The lowest BCUT2D eigenvalue weighted by Gasteiger charge is -2.22. The largest absolute Gasteiger partial charge is 0.379 e. The molecule has 2 heterocycles. The van der Waals surface area contributed by atoms with Gasteiger partial charge >= 0.3 is 0 Å². The van der Waals surface area contributed by atoms with Crippen LogP contribution in [0.15, 0.2) is 18.3 Å². The van der Waals surface area contributed by atoms with Gasteiger partial charge in [-0.2, -0.15) is 5.10 Å². The van der Waals surface area contributed by atoms with Crippen LogP contribution < -0.4 is 10.6 Å². The molecule has 1 amide bonds. The molecule has 146 valence electrons. The number of fused-ring (bicyclic) bond motifs is 1. The molecule has 0 atom stereocenters. The number of piperidine rings is 1. The Morgan fingerprint density at radius 1 is 1.26 bits per heavy atom. The van der Waals surface area contributed by atoms with Crippen LogP contribution in [0.3, 0.4) is 0 Å². The summed E-state index contributed by atoms with van der Waals surface area (Å²) >= 11 is 0. The van der Waals surface area contributed by atoms with Gasteiger partial charge in [-0.1, -0.05) is 0 Å². The minimum atomic E-state index is -0.0319. The van der Waals surface area contributed by atoms with Crippen molar-refractivity contribution >= 4 is 16.8 Å². The summed E-state index contributed by atoms with van der Waals surface area (Å²) in [5.41, 5.74) is 2.69. The Morgan fingerprint density at radius 2 is 2.07 bits per heavy atom. The van der Waals surface area contributed by atoms with Crippen LogP contribution in [0.5, 0.6) is 0 Å². The number of nitrogens with zero attached hydrogens (tertiary/aromatic N) is 2. The van der Waals surface area contributed by atoms with Crippen molar-refractivity contribution in [1.29, 1.82) is 0 Å². The number of nitrogens with one attached hydrogen (secondary N) is 2. The highest BCUT2D eigenvalue weighted by Crippen LogP contribution is 2.28. The van der Waals surface area contributed by atoms with E-state index in [9.17, 15) is 4.79 Å². The van der Waals surface area contributed by atoms with E-state index in [0.717, 1.165) is 54.2 Å². The number of aromatic nitrogens is 2. The minimum absolute atomic E-state index is 0.0319. The van der Waals surface area contributed by atoms with Gasteiger partial charge in [-0.05, 0) is 75.2 Å². The number of carbonyl (C=O) groups is 1. The monoisotopic (exact) mass is 370 g/mol. The maximum atomic E-state index is 12.5. The molecule has 1 aliphatic carbocycles. The molecule has 2 fully saturated rings. The quantitative estimate of drug-likeness (QED) is 0.701. The van der Waals surface area contributed by atoms with E-state index in [2.05, 4.69) is 21.5 Å². The predicted molar refractivity (Wildman–Crippen MR) is 106 cm³/mol. The van der Waals surface area contributed by atoms with E-state index in [-0.39, 0.29) is 5.91 Å². The van der Waals surface area contributed by atoms with Gasteiger partial charge in [-0.15, -0.1) is 0 Å². The van der Waals surface area contributed by atoms with Gasteiger partial charge in [0.25, 0.3) is 5.91 Å². The summed E-state index contributed by atoms with van der Waals surface area (Å²) in [7, 11) is 0. The molecule has 1 saturated heterocycles. The van der Waals surface area contributed by atoms with Gasteiger partial charge in [0.05, 0.1) is 12.1 Å². The molecule has 2 aliphatic rings. The van der Waals surface area contributed by atoms with Crippen LogP contribution >= 0.6 is 0 Å². The van der Waals surface area contributed by atoms with Crippen molar-refractivity contribution in [2.24, 2.45) is 11.8 Å². The fourth-order valence-electron chi connectivity index (χ4n) is 3.82. The summed E-state index contributed by atoms with van der Waals surface area (Å²) in [6, 6.07) is 3.85. The van der Waals surface area contributed by atoms with E-state index >= 15 is 0 Å². The molecule has 1 aliphatic heterocycles. The number of carbonyl (C=O) groups excluding carboxylic acids is 1. The van der Waals surface area contributed by atoms with Crippen LogP contribution in [0, 0.1) is 18.8 Å². The lowest BCUT2D eigenvalue weighted by Crippen LogP contribution is -2.29. The normalized spacial score (nSPS) is 18.1. The van der Waals surface area contributed by atoms with Crippen LogP contribution in [0.1, 0.15) is 41.6 Å². The van der Waals surface area contributed by atoms with Crippen molar-refractivity contribution < 1.29 is 9.53 Å². The van der Waals surface area contributed by atoms with Crippen LogP contribution in [-0.2, 0) is 11.3 Å². The van der Waals surface area contributed by atoms with Crippen molar-refractivity contribution in [2.75, 3.05) is 32.8 Å². The molecular weight excluding hydrogens is 340 g/mol. The van der Waals surface area contributed by atoms with E-state index in [1.807, 2.05) is 19.1 Å². The fourth-order valence-corrected chi connectivity index (χ4v) is 3.82. The van der Waals surface area contributed by atoms with Crippen LogP contribution in [-0.4, -0.2) is 48.5 Å². The molecule has 1 saturated carbocycles. The molecule has 1 aromatic carbocycles. The first-order valence-corrected chi connectivity index (χ1v) is 10.2. The Labute approximate surface area is 160 Å². The fraction of sp³-hybridized carbons (Fsp3) is 0.619. The number of hydrogen-bond donors (Lipinski definition) is 2. The molecule has 0 unspecified atom stereocenters. The van der Waals surface area contributed by atoms with Gasteiger partial charge in [0.15, 0.2) is 0 Å². The minimum Gasteiger partial charge on any atom is -0.379 e. The molecule has 0 radical (unpaired) electrons. The van der Waals surface area contributed by atoms with Gasteiger partial charge in [0.1, 0.15) is 0 Å². The molecule has 27 heavy (non-hydrogen) atoms. The third-order valence-corrected chi connectivity index (χ3v) is 5.74. The number of amides is 1. The number of ether oxygens (including phenoxy) is 1. The van der Waals surface area contributed by atoms with Gasteiger partial charge in [-0.25, -0.2) is 0 Å². The van der Waals surface area contributed by atoms with Gasteiger partial charge < -0.3 is 15.4 Å². The molecule has 2 aromatic rings. The van der Waals surface area contributed by atoms with Crippen LogP contribution in [0.25, 0.3) is 10.9 Å². The Kier molecular flexibility index (Phi) is 5.74. The first-order valence-electron chi connectivity index (χ1n) is 10.2. The highest BCUT2D eigenvalue weighted by molar-refractivity contribution is 6.00. The second-order valence-electron chi connectivity index (χ2n) is 7.99. The van der Waals surface area contributed by atoms with Crippen LogP contribution in [0.4, 0.5) is 0 Å². The number of hydrogen-bond acceptors (Lipinski definition) is 4. The standard InChI is InChI=1S/C21H30N4O2/c1-15-18(21(26)23-10-11-27-14-17-2-3-17)4-5-20-19(15)13-25(24-20)12-16-6-8-22-9-7-16/h4-5,13,16-17,22H,2-3,6-12,14H2,1H3,(H,23,26). The summed E-state index contributed by atoms with van der Waals surface area (Å²) in [5, 5.41) is 12.2. The zero-order valence-corrected chi connectivity index (χ0v) is 16.2. The van der Waals surface area contributed by atoms with E-state index in [1.54, 1.807) is 0 Å². The summed E-state index contributed by atoms with van der Waals surface area (Å²) in [5.74, 6) is 1.40. The molecular formula is C21H30N4O2. The molecule has 4 rings (SSSR count). The Balaban J connectivity index is 1.37. The molecule has 0 bridgehead atoms.